The van der Waals surface area contributed by atoms with E-state index in [0.29, 0.717) is 31.0 Å². The first-order chi connectivity index (χ1) is 11.5. The van der Waals surface area contributed by atoms with Gasteiger partial charge in [-0.2, -0.15) is 13.2 Å². The van der Waals surface area contributed by atoms with Gasteiger partial charge in [0.1, 0.15) is 0 Å². The third-order valence-electron chi connectivity index (χ3n) is 4.13. The van der Waals surface area contributed by atoms with E-state index in [0.717, 1.165) is 12.1 Å². The van der Waals surface area contributed by atoms with Crippen molar-refractivity contribution in [2.45, 2.75) is 64.7 Å². The van der Waals surface area contributed by atoms with Gasteiger partial charge >= 0.3 is 6.18 Å². The van der Waals surface area contributed by atoms with E-state index in [1.165, 1.54) is 0 Å². The molecule has 148 valence electrons. The SMILES string of the molecule is C=C(NC(C)(C)c1cc(C(C)(F)F)cc(C(F)(F)F)c1)[C@H](N)CC(C)C. The lowest BCUT2D eigenvalue weighted by Crippen LogP contribution is -2.42. The van der Waals surface area contributed by atoms with Gasteiger partial charge in [0.2, 0.25) is 0 Å². The summed E-state index contributed by atoms with van der Waals surface area (Å²) in [5.41, 5.74) is 3.71. The molecule has 0 aromatic heterocycles. The molecule has 1 aromatic carbocycles. The van der Waals surface area contributed by atoms with Crippen molar-refractivity contribution in [2.24, 2.45) is 11.7 Å². The zero-order chi connectivity index (χ0) is 20.5. The number of hydrogen-bond donors (Lipinski definition) is 2. The molecule has 1 rings (SSSR count). The molecule has 0 aliphatic rings. The standard InChI is InChI=1S/C19H27F5N2/c1-11(2)7-16(25)12(3)26-17(4,5)13-8-14(18(6,20)21)10-15(9-13)19(22,23)24/h8-11,16,26H,3,7,25H2,1-2,4-6H3/t16-/m1/s1. The van der Waals surface area contributed by atoms with Gasteiger partial charge in [-0.1, -0.05) is 20.4 Å². The van der Waals surface area contributed by atoms with Crippen LogP contribution in [0.25, 0.3) is 0 Å². The van der Waals surface area contributed by atoms with Gasteiger partial charge in [-0.05, 0) is 49.9 Å². The molecule has 3 N–H and O–H groups in total. The van der Waals surface area contributed by atoms with E-state index in [9.17, 15) is 22.0 Å². The van der Waals surface area contributed by atoms with Gasteiger partial charge in [-0.3, -0.25) is 0 Å². The highest BCUT2D eigenvalue weighted by molar-refractivity contribution is 5.38. The Balaban J connectivity index is 3.28. The van der Waals surface area contributed by atoms with Gasteiger partial charge in [0.15, 0.2) is 0 Å². The summed E-state index contributed by atoms with van der Waals surface area (Å²) in [7, 11) is 0. The van der Waals surface area contributed by atoms with Gasteiger partial charge in [0.05, 0.1) is 11.1 Å². The van der Waals surface area contributed by atoms with Gasteiger partial charge < -0.3 is 11.1 Å². The monoisotopic (exact) mass is 378 g/mol. The molecular weight excluding hydrogens is 351 g/mol. The normalized spacial score (nSPS) is 14.5. The van der Waals surface area contributed by atoms with Crippen molar-refractivity contribution in [1.29, 1.82) is 0 Å². The molecule has 0 heterocycles. The average Bonchev–Trinajstić information content (AvgIpc) is 2.43. The van der Waals surface area contributed by atoms with Crippen LogP contribution in [0.3, 0.4) is 0 Å². The molecule has 0 amide bonds. The Morgan fingerprint density at radius 1 is 1.00 bits per heavy atom. The number of nitrogens with two attached hydrogens (primary N) is 1. The van der Waals surface area contributed by atoms with Crippen molar-refractivity contribution in [1.82, 2.24) is 5.32 Å². The summed E-state index contributed by atoms with van der Waals surface area (Å²) >= 11 is 0. The Morgan fingerprint density at radius 2 is 1.46 bits per heavy atom. The number of hydrogen-bond acceptors (Lipinski definition) is 2. The summed E-state index contributed by atoms with van der Waals surface area (Å²) in [6.07, 6.45) is -4.08. The van der Waals surface area contributed by atoms with Crippen LogP contribution in [-0.4, -0.2) is 6.04 Å². The molecule has 0 fully saturated rings. The summed E-state index contributed by atoms with van der Waals surface area (Å²) in [5, 5.41) is 3.00. The minimum atomic E-state index is -4.73. The molecule has 1 aromatic rings. The molecule has 1 atom stereocenters. The molecule has 0 aliphatic carbocycles. The molecule has 0 spiro atoms. The summed E-state index contributed by atoms with van der Waals surface area (Å²) < 4.78 is 66.9. The number of rotatable bonds is 7. The lowest BCUT2D eigenvalue weighted by molar-refractivity contribution is -0.137. The molecule has 26 heavy (non-hydrogen) atoms. The fraction of sp³-hybridized carbons (Fsp3) is 0.579. The maximum absolute atomic E-state index is 13.7. The van der Waals surface area contributed by atoms with Crippen molar-refractivity contribution in [3.63, 3.8) is 0 Å². The van der Waals surface area contributed by atoms with Crippen LogP contribution >= 0.6 is 0 Å². The summed E-state index contributed by atoms with van der Waals surface area (Å²) in [6, 6.07) is 2.05. The Labute approximate surface area is 151 Å². The quantitative estimate of drug-likeness (QED) is 0.612. The molecule has 7 heteroatoms. The van der Waals surface area contributed by atoms with E-state index < -0.39 is 34.8 Å². The minimum Gasteiger partial charge on any atom is -0.379 e. The van der Waals surface area contributed by atoms with E-state index in [2.05, 4.69) is 11.9 Å². The zero-order valence-electron chi connectivity index (χ0n) is 15.8. The largest absolute Gasteiger partial charge is 0.416 e. The highest BCUT2D eigenvalue weighted by atomic mass is 19.4. The predicted octanol–water partition coefficient (Wildman–Crippen LogP) is 5.53. The smallest absolute Gasteiger partial charge is 0.379 e. The van der Waals surface area contributed by atoms with Crippen LogP contribution in [0.4, 0.5) is 22.0 Å². The summed E-state index contributed by atoms with van der Waals surface area (Å²) in [5.74, 6) is -3.08. The van der Waals surface area contributed by atoms with Crippen molar-refractivity contribution in [3.05, 3.63) is 47.2 Å². The maximum Gasteiger partial charge on any atom is 0.416 e. The van der Waals surface area contributed by atoms with Gasteiger partial charge in [-0.15, -0.1) is 0 Å². The lowest BCUT2D eigenvalue weighted by Gasteiger charge is -2.33. The summed E-state index contributed by atoms with van der Waals surface area (Å²) in [4.78, 5) is 0. The Kier molecular flexibility index (Phi) is 6.50. The van der Waals surface area contributed by atoms with E-state index in [4.69, 9.17) is 5.73 Å². The van der Waals surface area contributed by atoms with E-state index in [1.54, 1.807) is 13.8 Å². The van der Waals surface area contributed by atoms with E-state index in [-0.39, 0.29) is 5.56 Å². The zero-order valence-corrected chi connectivity index (χ0v) is 15.8. The highest BCUT2D eigenvalue weighted by Crippen LogP contribution is 2.37. The highest BCUT2D eigenvalue weighted by Gasteiger charge is 2.36. The van der Waals surface area contributed by atoms with Crippen molar-refractivity contribution >= 4 is 0 Å². The van der Waals surface area contributed by atoms with Gasteiger partial charge in [0.25, 0.3) is 5.92 Å². The van der Waals surface area contributed by atoms with Gasteiger partial charge in [-0.25, -0.2) is 8.78 Å². The fourth-order valence-corrected chi connectivity index (χ4v) is 2.62. The van der Waals surface area contributed by atoms with Crippen molar-refractivity contribution in [3.8, 4) is 0 Å². The van der Waals surface area contributed by atoms with Crippen LogP contribution in [-0.2, 0) is 17.6 Å². The Bertz CT molecular complexity index is 610. The third kappa shape index (κ3) is 5.97. The number of benzene rings is 1. The first-order valence-electron chi connectivity index (χ1n) is 8.37. The van der Waals surface area contributed by atoms with Gasteiger partial charge in [0, 0.05) is 24.2 Å². The van der Waals surface area contributed by atoms with E-state index in [1.807, 2.05) is 13.8 Å². The minimum absolute atomic E-state index is 0.0850. The third-order valence-corrected chi connectivity index (χ3v) is 4.13. The molecule has 0 saturated carbocycles. The number of nitrogens with one attached hydrogen (secondary N) is 1. The topological polar surface area (TPSA) is 38.0 Å². The van der Waals surface area contributed by atoms with Crippen LogP contribution in [0.2, 0.25) is 0 Å². The van der Waals surface area contributed by atoms with E-state index >= 15 is 0 Å². The lowest BCUT2D eigenvalue weighted by atomic mass is 9.88. The predicted molar refractivity (Wildman–Crippen MR) is 93.7 cm³/mol. The first-order valence-corrected chi connectivity index (χ1v) is 8.37. The molecule has 0 radical (unpaired) electrons. The second kappa shape index (κ2) is 7.55. The van der Waals surface area contributed by atoms with Crippen LogP contribution in [0.15, 0.2) is 30.5 Å². The molecule has 0 bridgehead atoms. The molecular formula is C19H27F5N2. The second-order valence-corrected chi connectivity index (χ2v) is 7.70. The average molecular weight is 378 g/mol. The van der Waals surface area contributed by atoms with Crippen LogP contribution in [0, 0.1) is 5.92 Å². The van der Waals surface area contributed by atoms with Crippen molar-refractivity contribution < 1.29 is 22.0 Å². The van der Waals surface area contributed by atoms with Crippen molar-refractivity contribution in [2.75, 3.05) is 0 Å². The molecule has 0 saturated heterocycles. The summed E-state index contributed by atoms with van der Waals surface area (Å²) in [6.45, 7) is 11.6. The fourth-order valence-electron chi connectivity index (χ4n) is 2.62. The van der Waals surface area contributed by atoms with Crippen LogP contribution < -0.4 is 11.1 Å². The molecule has 0 aliphatic heterocycles. The molecule has 2 nitrogen and oxygen atoms in total. The number of halogens is 5. The molecule has 0 unspecified atom stereocenters. The first kappa shape index (κ1) is 22.4. The second-order valence-electron chi connectivity index (χ2n) is 7.70. The number of alkyl halides is 5. The Hall–Kier alpha value is -1.63. The maximum atomic E-state index is 13.7. The van der Waals surface area contributed by atoms with Crippen LogP contribution in [0.1, 0.15) is 57.7 Å². The van der Waals surface area contributed by atoms with Crippen LogP contribution in [0.5, 0.6) is 0 Å². The Morgan fingerprint density at radius 3 is 1.88 bits per heavy atom.